The fourth-order valence-corrected chi connectivity index (χ4v) is 3.18. The average Bonchev–Trinajstić information content (AvgIpc) is 3.05. The summed E-state index contributed by atoms with van der Waals surface area (Å²) >= 11 is 0. The zero-order chi connectivity index (χ0) is 16.9. The number of likely N-dealkylation sites (tertiary alicyclic amines) is 1. The molecule has 0 radical (unpaired) electrons. The van der Waals surface area contributed by atoms with Crippen LogP contribution in [0.4, 0.5) is 4.79 Å². The molecule has 2 aliphatic rings. The standard InChI is InChI=1S/C16H24N4O4/c1-12-9-14(18-24-12)10-17-16(22)20-4-2-3-13(11-20)15(21)19-5-7-23-8-6-19/h9,13H,2-8,10-11H2,1H3,(H,17,22)/t13-/m1/s1. The Hall–Kier alpha value is -2.09. The highest BCUT2D eigenvalue weighted by molar-refractivity contribution is 5.81. The number of hydrogen-bond donors (Lipinski definition) is 1. The molecular formula is C16H24N4O4. The van der Waals surface area contributed by atoms with E-state index in [1.54, 1.807) is 11.0 Å². The molecule has 2 fully saturated rings. The topological polar surface area (TPSA) is 87.9 Å². The van der Waals surface area contributed by atoms with E-state index in [1.807, 2.05) is 11.8 Å². The van der Waals surface area contributed by atoms with Gasteiger partial charge < -0.3 is 24.4 Å². The maximum atomic E-state index is 12.6. The first-order valence-corrected chi connectivity index (χ1v) is 8.45. The number of nitrogens with zero attached hydrogens (tertiary/aromatic N) is 3. The van der Waals surface area contributed by atoms with Gasteiger partial charge in [-0.1, -0.05) is 5.16 Å². The van der Waals surface area contributed by atoms with Crippen molar-refractivity contribution in [2.45, 2.75) is 26.3 Å². The number of carbonyl (C=O) groups is 2. The van der Waals surface area contributed by atoms with Gasteiger partial charge in [-0.3, -0.25) is 4.79 Å². The van der Waals surface area contributed by atoms with Crippen LogP contribution >= 0.6 is 0 Å². The fourth-order valence-electron chi connectivity index (χ4n) is 3.18. The van der Waals surface area contributed by atoms with Gasteiger partial charge >= 0.3 is 6.03 Å². The lowest BCUT2D eigenvalue weighted by atomic mass is 9.96. The lowest BCUT2D eigenvalue weighted by molar-refractivity contribution is -0.141. The highest BCUT2D eigenvalue weighted by Crippen LogP contribution is 2.19. The number of carbonyl (C=O) groups excluding carboxylic acids is 2. The van der Waals surface area contributed by atoms with Crippen LogP contribution in [-0.2, 0) is 16.1 Å². The van der Waals surface area contributed by atoms with Gasteiger partial charge in [-0.2, -0.15) is 0 Å². The fraction of sp³-hybridized carbons (Fsp3) is 0.688. The third-order valence-corrected chi connectivity index (χ3v) is 4.48. The molecule has 0 bridgehead atoms. The first kappa shape index (κ1) is 16.8. The molecule has 1 N–H and O–H groups in total. The van der Waals surface area contributed by atoms with E-state index in [0.717, 1.165) is 12.8 Å². The summed E-state index contributed by atoms with van der Waals surface area (Å²) in [6.45, 7) is 5.77. The lowest BCUT2D eigenvalue weighted by Gasteiger charge is -2.36. The van der Waals surface area contributed by atoms with Crippen molar-refractivity contribution in [2.24, 2.45) is 5.92 Å². The number of urea groups is 1. The molecule has 1 aromatic rings. The quantitative estimate of drug-likeness (QED) is 0.880. The Kier molecular flexibility index (Phi) is 5.34. The molecule has 132 valence electrons. The minimum absolute atomic E-state index is 0.114. The molecule has 3 amide bonds. The van der Waals surface area contributed by atoms with Crippen LogP contribution in [0.3, 0.4) is 0 Å². The molecule has 2 saturated heterocycles. The Bertz CT molecular complexity index is 582. The normalized spacial score (nSPS) is 21.6. The Balaban J connectivity index is 1.50. The molecule has 1 atom stereocenters. The van der Waals surface area contributed by atoms with Crippen LogP contribution in [0.5, 0.6) is 0 Å². The Labute approximate surface area is 141 Å². The molecule has 2 aliphatic heterocycles. The van der Waals surface area contributed by atoms with Gasteiger partial charge in [-0.25, -0.2) is 4.79 Å². The van der Waals surface area contributed by atoms with E-state index >= 15 is 0 Å². The SMILES string of the molecule is Cc1cc(CNC(=O)N2CCC[C@@H](C(=O)N3CCOCC3)C2)no1. The van der Waals surface area contributed by atoms with Crippen molar-refractivity contribution in [3.63, 3.8) is 0 Å². The molecule has 1 aromatic heterocycles. The Morgan fingerprint density at radius 1 is 1.29 bits per heavy atom. The van der Waals surface area contributed by atoms with E-state index in [1.165, 1.54) is 0 Å². The summed E-state index contributed by atoms with van der Waals surface area (Å²) < 4.78 is 10.3. The maximum absolute atomic E-state index is 12.6. The summed E-state index contributed by atoms with van der Waals surface area (Å²) in [6.07, 6.45) is 1.68. The molecule has 0 aliphatic carbocycles. The van der Waals surface area contributed by atoms with Crippen LogP contribution in [0, 0.1) is 12.8 Å². The van der Waals surface area contributed by atoms with Crippen LogP contribution in [0.2, 0.25) is 0 Å². The number of aromatic nitrogens is 1. The number of hydrogen-bond acceptors (Lipinski definition) is 5. The highest BCUT2D eigenvalue weighted by atomic mass is 16.5. The monoisotopic (exact) mass is 336 g/mol. The molecule has 0 spiro atoms. The second kappa shape index (κ2) is 7.65. The average molecular weight is 336 g/mol. The summed E-state index contributed by atoms with van der Waals surface area (Å²) in [6, 6.07) is 1.64. The first-order valence-electron chi connectivity index (χ1n) is 8.45. The van der Waals surface area contributed by atoms with Crippen molar-refractivity contribution in [3.05, 3.63) is 17.5 Å². The molecule has 8 nitrogen and oxygen atoms in total. The van der Waals surface area contributed by atoms with Gasteiger partial charge in [-0.15, -0.1) is 0 Å². The zero-order valence-corrected chi connectivity index (χ0v) is 14.0. The van der Waals surface area contributed by atoms with Gasteiger partial charge in [0.25, 0.3) is 0 Å². The van der Waals surface area contributed by atoms with E-state index in [9.17, 15) is 9.59 Å². The number of nitrogens with one attached hydrogen (secondary N) is 1. The number of piperidine rings is 1. The van der Waals surface area contributed by atoms with E-state index in [-0.39, 0.29) is 17.9 Å². The summed E-state index contributed by atoms with van der Waals surface area (Å²) in [5, 5.41) is 6.70. The third kappa shape index (κ3) is 4.05. The molecule has 3 heterocycles. The molecular weight excluding hydrogens is 312 g/mol. The second-order valence-corrected chi connectivity index (χ2v) is 6.31. The minimum Gasteiger partial charge on any atom is -0.378 e. The minimum atomic E-state index is -0.157. The summed E-state index contributed by atoms with van der Waals surface area (Å²) in [4.78, 5) is 28.5. The Morgan fingerprint density at radius 3 is 2.79 bits per heavy atom. The van der Waals surface area contributed by atoms with Crippen LogP contribution in [0.1, 0.15) is 24.3 Å². The van der Waals surface area contributed by atoms with Gasteiger partial charge in [0.1, 0.15) is 11.5 Å². The molecule has 3 rings (SSSR count). The Morgan fingerprint density at radius 2 is 2.08 bits per heavy atom. The zero-order valence-electron chi connectivity index (χ0n) is 14.0. The summed E-state index contributed by atoms with van der Waals surface area (Å²) in [5.41, 5.74) is 0.693. The van der Waals surface area contributed by atoms with Gasteiger partial charge in [0.05, 0.1) is 25.7 Å². The molecule has 24 heavy (non-hydrogen) atoms. The van der Waals surface area contributed by atoms with Crippen molar-refractivity contribution < 1.29 is 18.8 Å². The van der Waals surface area contributed by atoms with Crippen molar-refractivity contribution in [1.82, 2.24) is 20.3 Å². The van der Waals surface area contributed by atoms with Crippen LogP contribution in [0.25, 0.3) is 0 Å². The number of rotatable bonds is 3. The largest absolute Gasteiger partial charge is 0.378 e. The third-order valence-electron chi connectivity index (χ3n) is 4.48. The van der Waals surface area contributed by atoms with E-state index in [2.05, 4.69) is 10.5 Å². The van der Waals surface area contributed by atoms with Gasteiger partial charge in [0.2, 0.25) is 5.91 Å². The van der Waals surface area contributed by atoms with Gasteiger partial charge in [0.15, 0.2) is 0 Å². The van der Waals surface area contributed by atoms with Crippen molar-refractivity contribution in [3.8, 4) is 0 Å². The van der Waals surface area contributed by atoms with Gasteiger partial charge in [0, 0.05) is 32.2 Å². The number of aryl methyl sites for hydroxylation is 1. The van der Waals surface area contributed by atoms with E-state index < -0.39 is 0 Å². The van der Waals surface area contributed by atoms with E-state index in [0.29, 0.717) is 57.4 Å². The summed E-state index contributed by atoms with van der Waals surface area (Å²) in [5.74, 6) is 0.744. The number of amides is 3. The van der Waals surface area contributed by atoms with Crippen LogP contribution in [-0.4, -0.2) is 66.3 Å². The molecule has 0 saturated carbocycles. The predicted octanol–water partition coefficient (Wildman–Crippen LogP) is 0.763. The predicted molar refractivity (Wildman–Crippen MR) is 85.2 cm³/mol. The number of ether oxygens (including phenoxy) is 1. The first-order chi connectivity index (χ1) is 11.6. The lowest BCUT2D eigenvalue weighted by Crippen LogP contribution is -2.51. The van der Waals surface area contributed by atoms with Crippen molar-refractivity contribution >= 4 is 11.9 Å². The highest BCUT2D eigenvalue weighted by Gasteiger charge is 2.31. The number of morpholine rings is 1. The van der Waals surface area contributed by atoms with Crippen molar-refractivity contribution in [2.75, 3.05) is 39.4 Å². The van der Waals surface area contributed by atoms with Crippen molar-refractivity contribution in [1.29, 1.82) is 0 Å². The summed E-state index contributed by atoms with van der Waals surface area (Å²) in [7, 11) is 0. The molecule has 0 unspecified atom stereocenters. The maximum Gasteiger partial charge on any atom is 0.317 e. The van der Waals surface area contributed by atoms with Crippen LogP contribution < -0.4 is 5.32 Å². The second-order valence-electron chi connectivity index (χ2n) is 6.31. The van der Waals surface area contributed by atoms with Gasteiger partial charge in [-0.05, 0) is 19.8 Å². The molecule has 0 aromatic carbocycles. The molecule has 8 heteroatoms. The smallest absolute Gasteiger partial charge is 0.317 e. The van der Waals surface area contributed by atoms with E-state index in [4.69, 9.17) is 9.26 Å². The van der Waals surface area contributed by atoms with Crippen LogP contribution in [0.15, 0.2) is 10.6 Å².